The van der Waals surface area contributed by atoms with Crippen molar-refractivity contribution in [2.45, 2.75) is 24.1 Å². The first-order valence-corrected chi connectivity index (χ1v) is 11.1. The van der Waals surface area contributed by atoms with Gasteiger partial charge < -0.3 is 18.6 Å². The highest BCUT2D eigenvalue weighted by molar-refractivity contribution is 7.98. The standard InChI is InChI=1S/C23H23N5O4S/c1-4-13-28-20(14-31-19-11-9-18(30-3)10-12-19)24-27-23(28)33-15-21-25-26-22(32-21)16-5-7-17(29-2)8-6-16/h4-12H,1,13-15H2,2-3H3. The monoisotopic (exact) mass is 465 g/mol. The number of aromatic nitrogens is 5. The van der Waals surface area contributed by atoms with Crippen LogP contribution in [0.3, 0.4) is 0 Å². The van der Waals surface area contributed by atoms with Gasteiger partial charge in [0.15, 0.2) is 11.0 Å². The molecule has 10 heteroatoms. The number of benzene rings is 2. The lowest BCUT2D eigenvalue weighted by Crippen LogP contribution is -2.07. The van der Waals surface area contributed by atoms with Crippen LogP contribution >= 0.6 is 11.8 Å². The van der Waals surface area contributed by atoms with Crippen molar-refractivity contribution in [2.75, 3.05) is 14.2 Å². The average Bonchev–Trinajstić information content (AvgIpc) is 3.49. The van der Waals surface area contributed by atoms with Gasteiger partial charge in [-0.1, -0.05) is 17.8 Å². The van der Waals surface area contributed by atoms with Gasteiger partial charge in [0.2, 0.25) is 11.8 Å². The Morgan fingerprint density at radius 3 is 2.24 bits per heavy atom. The molecule has 9 nitrogen and oxygen atoms in total. The summed E-state index contributed by atoms with van der Waals surface area (Å²) in [5.41, 5.74) is 0.826. The summed E-state index contributed by atoms with van der Waals surface area (Å²) in [6.07, 6.45) is 1.79. The molecule has 0 saturated heterocycles. The first-order valence-electron chi connectivity index (χ1n) is 10.1. The lowest BCUT2D eigenvalue weighted by molar-refractivity contribution is 0.288. The van der Waals surface area contributed by atoms with E-state index in [0.717, 1.165) is 22.8 Å². The lowest BCUT2D eigenvalue weighted by atomic mass is 10.2. The molecular weight excluding hydrogens is 442 g/mol. The van der Waals surface area contributed by atoms with Crippen LogP contribution < -0.4 is 14.2 Å². The molecule has 0 saturated carbocycles. The van der Waals surface area contributed by atoms with Crippen LogP contribution in [0.15, 0.2) is 70.8 Å². The van der Waals surface area contributed by atoms with E-state index in [0.29, 0.717) is 35.1 Å². The van der Waals surface area contributed by atoms with E-state index in [1.165, 1.54) is 11.8 Å². The summed E-state index contributed by atoms with van der Waals surface area (Å²) >= 11 is 1.46. The van der Waals surface area contributed by atoms with Crippen LogP contribution in [0.25, 0.3) is 11.5 Å². The van der Waals surface area contributed by atoms with Gasteiger partial charge in [-0.25, -0.2) is 0 Å². The lowest BCUT2D eigenvalue weighted by Gasteiger charge is -2.09. The molecule has 33 heavy (non-hydrogen) atoms. The number of hydrogen-bond acceptors (Lipinski definition) is 9. The van der Waals surface area contributed by atoms with Crippen LogP contribution in [-0.4, -0.2) is 39.2 Å². The Balaban J connectivity index is 1.40. The molecule has 170 valence electrons. The first kappa shape index (κ1) is 22.4. The van der Waals surface area contributed by atoms with E-state index in [1.807, 2.05) is 53.1 Å². The van der Waals surface area contributed by atoms with Crippen molar-refractivity contribution in [3.63, 3.8) is 0 Å². The van der Waals surface area contributed by atoms with Crippen molar-refractivity contribution in [1.29, 1.82) is 0 Å². The summed E-state index contributed by atoms with van der Waals surface area (Å²) in [5.74, 6) is 4.35. The fraction of sp³-hybridized carbons (Fsp3) is 0.217. The zero-order valence-corrected chi connectivity index (χ0v) is 19.1. The molecule has 0 radical (unpaired) electrons. The van der Waals surface area contributed by atoms with Gasteiger partial charge in [0, 0.05) is 12.1 Å². The number of rotatable bonds is 11. The number of nitrogens with zero attached hydrogens (tertiary/aromatic N) is 5. The average molecular weight is 466 g/mol. The smallest absolute Gasteiger partial charge is 0.247 e. The summed E-state index contributed by atoms with van der Waals surface area (Å²) in [6, 6.07) is 14.8. The van der Waals surface area contributed by atoms with Gasteiger partial charge in [-0.3, -0.25) is 4.57 Å². The van der Waals surface area contributed by atoms with E-state index < -0.39 is 0 Å². The minimum Gasteiger partial charge on any atom is -0.497 e. The van der Waals surface area contributed by atoms with Gasteiger partial charge in [-0.2, -0.15) is 0 Å². The molecule has 2 aromatic heterocycles. The Morgan fingerprint density at radius 2 is 1.58 bits per heavy atom. The molecule has 0 aliphatic carbocycles. The molecule has 0 amide bonds. The SMILES string of the molecule is C=CCn1c(COc2ccc(OC)cc2)nnc1SCc1nnc(-c2ccc(OC)cc2)o1. The first-order chi connectivity index (χ1) is 16.2. The van der Waals surface area contributed by atoms with Gasteiger partial charge in [0.05, 0.1) is 20.0 Å². The fourth-order valence-corrected chi connectivity index (χ4v) is 3.76. The molecule has 2 aromatic carbocycles. The zero-order valence-electron chi connectivity index (χ0n) is 18.3. The van der Waals surface area contributed by atoms with Crippen LogP contribution in [0.5, 0.6) is 17.2 Å². The van der Waals surface area contributed by atoms with Crippen LogP contribution in [-0.2, 0) is 18.9 Å². The van der Waals surface area contributed by atoms with Crippen molar-refractivity contribution in [1.82, 2.24) is 25.0 Å². The van der Waals surface area contributed by atoms with E-state index in [9.17, 15) is 0 Å². The second kappa shape index (κ2) is 10.7. The van der Waals surface area contributed by atoms with Crippen molar-refractivity contribution in [3.05, 3.63) is 72.9 Å². The summed E-state index contributed by atoms with van der Waals surface area (Å²) in [4.78, 5) is 0. The minimum absolute atomic E-state index is 0.274. The second-order valence-corrected chi connectivity index (χ2v) is 7.72. The van der Waals surface area contributed by atoms with Crippen molar-refractivity contribution in [2.24, 2.45) is 0 Å². The largest absolute Gasteiger partial charge is 0.497 e. The Bertz CT molecular complexity index is 1190. The third-order valence-corrected chi connectivity index (χ3v) is 5.61. The topological polar surface area (TPSA) is 97.3 Å². The Kier molecular flexibility index (Phi) is 7.26. The highest BCUT2D eigenvalue weighted by Crippen LogP contribution is 2.26. The maximum atomic E-state index is 5.85. The van der Waals surface area contributed by atoms with E-state index >= 15 is 0 Å². The molecule has 0 N–H and O–H groups in total. The number of thioether (sulfide) groups is 1. The molecule has 0 aliphatic rings. The third-order valence-electron chi connectivity index (χ3n) is 4.66. The molecule has 4 aromatic rings. The van der Waals surface area contributed by atoms with E-state index in [4.69, 9.17) is 18.6 Å². The van der Waals surface area contributed by atoms with Gasteiger partial charge in [0.25, 0.3) is 0 Å². The molecule has 4 rings (SSSR count). The van der Waals surface area contributed by atoms with Crippen LogP contribution in [0.4, 0.5) is 0 Å². The molecule has 0 unspecified atom stereocenters. The Labute approximate surface area is 195 Å². The summed E-state index contributed by atoms with van der Waals surface area (Å²) in [5, 5.41) is 17.6. The highest BCUT2D eigenvalue weighted by atomic mass is 32.2. The summed E-state index contributed by atoms with van der Waals surface area (Å²) in [7, 11) is 3.25. The van der Waals surface area contributed by atoms with Crippen molar-refractivity contribution < 1.29 is 18.6 Å². The van der Waals surface area contributed by atoms with Gasteiger partial charge in [0.1, 0.15) is 23.9 Å². The molecule has 0 spiro atoms. The van der Waals surface area contributed by atoms with E-state index in [2.05, 4.69) is 27.0 Å². The highest BCUT2D eigenvalue weighted by Gasteiger charge is 2.15. The van der Waals surface area contributed by atoms with Crippen molar-refractivity contribution in [3.8, 4) is 28.7 Å². The predicted octanol–water partition coefficient (Wildman–Crippen LogP) is 4.40. The van der Waals surface area contributed by atoms with Gasteiger partial charge in [-0.05, 0) is 48.5 Å². The maximum absolute atomic E-state index is 5.85. The van der Waals surface area contributed by atoms with Crippen LogP contribution in [0, 0.1) is 0 Å². The van der Waals surface area contributed by atoms with Crippen molar-refractivity contribution >= 4 is 11.8 Å². The molecule has 0 fully saturated rings. The zero-order chi connectivity index (χ0) is 23.0. The van der Waals surface area contributed by atoms with Crippen LogP contribution in [0.1, 0.15) is 11.7 Å². The number of hydrogen-bond donors (Lipinski definition) is 0. The summed E-state index contributed by atoms with van der Waals surface area (Å²) < 4.78 is 23.9. The maximum Gasteiger partial charge on any atom is 0.247 e. The fourth-order valence-electron chi connectivity index (χ4n) is 2.95. The second-order valence-electron chi connectivity index (χ2n) is 6.78. The normalized spacial score (nSPS) is 10.7. The number of methoxy groups -OCH3 is 2. The Hall–Kier alpha value is -3.79. The van der Waals surface area contributed by atoms with E-state index in [1.54, 1.807) is 20.3 Å². The third kappa shape index (κ3) is 5.53. The molecule has 0 aliphatic heterocycles. The molecular formula is C23H23N5O4S. The Morgan fingerprint density at radius 1 is 0.909 bits per heavy atom. The minimum atomic E-state index is 0.274. The number of ether oxygens (including phenoxy) is 3. The predicted molar refractivity (Wildman–Crippen MR) is 123 cm³/mol. The van der Waals surface area contributed by atoms with E-state index in [-0.39, 0.29) is 6.61 Å². The van der Waals surface area contributed by atoms with Gasteiger partial charge >= 0.3 is 0 Å². The van der Waals surface area contributed by atoms with Gasteiger partial charge in [-0.15, -0.1) is 27.0 Å². The molecule has 0 bridgehead atoms. The van der Waals surface area contributed by atoms with Crippen LogP contribution in [0.2, 0.25) is 0 Å². The number of allylic oxidation sites excluding steroid dienone is 1. The molecule has 2 heterocycles. The quantitative estimate of drug-likeness (QED) is 0.236. The summed E-state index contributed by atoms with van der Waals surface area (Å²) in [6.45, 7) is 4.66. The molecule has 0 atom stereocenters.